The molecule has 8 nitrogen and oxygen atoms in total. The van der Waals surface area contributed by atoms with E-state index in [9.17, 15) is 0 Å². The fourth-order valence-corrected chi connectivity index (χ4v) is 0. The minimum absolute atomic E-state index is 0. The average molecular weight is 214 g/mol. The molecule has 0 saturated carbocycles. The molecule has 12 heavy (non-hydrogen) atoms. The second-order valence-corrected chi connectivity index (χ2v) is 1.84. The molecule has 0 atom stereocenters. The van der Waals surface area contributed by atoms with Crippen molar-refractivity contribution in [2.24, 2.45) is 0 Å². The van der Waals surface area contributed by atoms with E-state index < -0.39 is 16.4 Å². The third kappa shape index (κ3) is 13000. The van der Waals surface area contributed by atoms with Crippen LogP contribution in [-0.2, 0) is 15.2 Å². The van der Waals surface area contributed by atoms with Gasteiger partial charge in [-0.15, -0.1) is 0 Å². The van der Waals surface area contributed by atoms with Gasteiger partial charge in [-0.3, -0.25) is 9.11 Å². The molecule has 0 spiro atoms. The van der Waals surface area contributed by atoms with Crippen LogP contribution in [0.2, 0.25) is 0 Å². The molecule has 0 aliphatic heterocycles. The zero-order chi connectivity index (χ0) is 8.08. The minimum Gasteiger partial charge on any atom is -0.550 e. The predicted octanol–water partition coefficient (Wildman–Crippen LogP) is -4.57. The Kier molecular flexibility index (Phi) is 34.0. The van der Waals surface area contributed by atoms with Gasteiger partial charge >= 0.3 is 40.0 Å². The summed E-state index contributed by atoms with van der Waals surface area (Å²) in [6.07, 6.45) is 0. The fraction of sp³-hybridized carbons (Fsp3) is 0.500. The van der Waals surface area contributed by atoms with Gasteiger partial charge < -0.3 is 22.2 Å². The van der Waals surface area contributed by atoms with Crippen molar-refractivity contribution < 1.29 is 57.0 Å². The molecule has 0 rings (SSSR count). The maximum Gasteiger partial charge on any atom is 1.00 e. The van der Waals surface area contributed by atoms with E-state index in [0.717, 1.165) is 6.92 Å². The van der Waals surface area contributed by atoms with Gasteiger partial charge in [-0.25, -0.2) is 0 Å². The third-order valence-electron chi connectivity index (χ3n) is 0. The Morgan fingerprint density at radius 2 is 1.25 bits per heavy atom. The molecule has 0 aliphatic carbocycles. The summed E-state index contributed by atoms with van der Waals surface area (Å²) < 4.78 is 31.6. The Morgan fingerprint density at radius 1 is 1.25 bits per heavy atom. The van der Waals surface area contributed by atoms with Crippen LogP contribution in [0.1, 0.15) is 6.92 Å². The van der Waals surface area contributed by atoms with Crippen molar-refractivity contribution in [1.82, 2.24) is 12.3 Å². The van der Waals surface area contributed by atoms with E-state index in [0.29, 0.717) is 0 Å². The van der Waals surface area contributed by atoms with Crippen LogP contribution in [-0.4, -0.2) is 23.5 Å². The summed E-state index contributed by atoms with van der Waals surface area (Å²) in [5, 5.41) is 8.89. The number of rotatable bonds is 0. The first-order chi connectivity index (χ1) is 3.73. The van der Waals surface area contributed by atoms with Crippen molar-refractivity contribution in [2.45, 2.75) is 6.92 Å². The van der Waals surface area contributed by atoms with Gasteiger partial charge in [-0.05, 0) is 6.92 Å². The fourth-order valence-electron chi connectivity index (χ4n) is 0. The van der Waals surface area contributed by atoms with Gasteiger partial charge in [0.05, 0.1) is 0 Å². The van der Waals surface area contributed by atoms with Crippen LogP contribution in [0.15, 0.2) is 0 Å². The van der Waals surface area contributed by atoms with Crippen LogP contribution in [0.4, 0.5) is 0 Å². The number of aliphatic carboxylic acids is 1. The Labute approximate surface area is 92.4 Å². The normalized spacial score (nSPS) is 6.92. The van der Waals surface area contributed by atoms with E-state index in [1.165, 1.54) is 0 Å². The van der Waals surface area contributed by atoms with Gasteiger partial charge in [0.15, 0.2) is 0 Å². The van der Waals surface area contributed by atoms with Crippen LogP contribution in [0.25, 0.3) is 0 Å². The summed E-state index contributed by atoms with van der Waals surface area (Å²) in [6, 6.07) is 0. The largest absolute Gasteiger partial charge is 1.00 e. The first-order valence-electron chi connectivity index (χ1n) is 1.61. The van der Waals surface area contributed by atoms with Crippen LogP contribution < -0.4 is 47.0 Å². The number of carboxylic acids is 1. The summed E-state index contributed by atoms with van der Waals surface area (Å²) in [7, 11) is -4.67. The zero-order valence-corrected chi connectivity index (χ0v) is 9.67. The van der Waals surface area contributed by atoms with E-state index in [-0.39, 0.29) is 41.9 Å². The Balaban J connectivity index is -0.0000000221. The molecule has 0 amide bonds. The molecule has 0 aromatic carbocycles. The van der Waals surface area contributed by atoms with Gasteiger partial charge in [0.25, 0.3) is 0 Å². The molecule has 0 bridgehead atoms. The van der Waals surface area contributed by atoms with E-state index in [1.54, 1.807) is 0 Å². The van der Waals surface area contributed by atoms with Gasteiger partial charge in [-0.1, -0.05) is 0 Å². The number of hydrogen-bond acceptors (Lipinski definition) is 6. The molecule has 0 unspecified atom stereocenters. The SMILES string of the molecule is CC(=O)[O-].N.N.O=S(=O)(O)O.[Na+]. The average Bonchev–Trinajstić information content (AvgIpc) is 1.19. The first-order valence-corrected chi connectivity index (χ1v) is 3.00. The second kappa shape index (κ2) is 13.8. The molecule has 72 valence electrons. The van der Waals surface area contributed by atoms with E-state index >= 15 is 0 Å². The summed E-state index contributed by atoms with van der Waals surface area (Å²) in [5.41, 5.74) is 0. The van der Waals surface area contributed by atoms with Crippen LogP contribution in [0, 0.1) is 0 Å². The summed E-state index contributed by atoms with van der Waals surface area (Å²) in [5.74, 6) is -1.08. The molecular weight excluding hydrogens is 203 g/mol. The van der Waals surface area contributed by atoms with Gasteiger partial charge in [0.1, 0.15) is 0 Å². The number of carboxylic acid groups (broad SMARTS) is 1. The molecule has 10 heteroatoms. The summed E-state index contributed by atoms with van der Waals surface area (Å²) in [4.78, 5) is 8.89. The topological polar surface area (TPSA) is 185 Å². The standard InChI is InChI=1S/C2H4O2.2H3N.Na.H2O4S/c1-2(3)4;;;;1-5(2,3)4/h1H3,(H,3,4);2*1H3;;(H2,1,2,3,4)/q;;;+1;/p-1. The molecule has 0 radical (unpaired) electrons. The van der Waals surface area contributed by atoms with E-state index in [4.69, 9.17) is 27.4 Å². The van der Waals surface area contributed by atoms with Crippen molar-refractivity contribution in [3.63, 3.8) is 0 Å². The van der Waals surface area contributed by atoms with Crippen molar-refractivity contribution in [3.8, 4) is 0 Å². The molecule has 0 aromatic heterocycles. The molecule has 0 aromatic rings. The van der Waals surface area contributed by atoms with Crippen molar-refractivity contribution in [2.75, 3.05) is 0 Å². The number of carbonyl (C=O) groups excluding carboxylic acids is 1. The van der Waals surface area contributed by atoms with Crippen LogP contribution >= 0.6 is 0 Å². The quantitative estimate of drug-likeness (QED) is 0.229. The van der Waals surface area contributed by atoms with Crippen molar-refractivity contribution in [1.29, 1.82) is 0 Å². The maximum atomic E-state index is 8.89. The zero-order valence-electron chi connectivity index (χ0n) is 6.85. The second-order valence-electron chi connectivity index (χ2n) is 0.939. The summed E-state index contributed by atoms with van der Waals surface area (Å²) in [6.45, 7) is 0.972. The van der Waals surface area contributed by atoms with Crippen molar-refractivity contribution in [3.05, 3.63) is 0 Å². The molecule has 8 N–H and O–H groups in total. The predicted molar refractivity (Wildman–Crippen MR) is 34.9 cm³/mol. The smallest absolute Gasteiger partial charge is 0.550 e. The third-order valence-corrected chi connectivity index (χ3v) is 0. The number of hydrogen-bond donors (Lipinski definition) is 4. The first kappa shape index (κ1) is 29.5. The van der Waals surface area contributed by atoms with E-state index in [1.807, 2.05) is 0 Å². The Hall–Kier alpha value is 0.260. The number of carbonyl (C=O) groups is 1. The van der Waals surface area contributed by atoms with Crippen LogP contribution in [0.5, 0.6) is 0 Å². The Morgan fingerprint density at radius 3 is 1.25 bits per heavy atom. The van der Waals surface area contributed by atoms with Gasteiger partial charge in [0.2, 0.25) is 0 Å². The monoisotopic (exact) mass is 214 g/mol. The van der Waals surface area contributed by atoms with Crippen molar-refractivity contribution >= 4 is 16.4 Å². The molecule has 0 saturated heterocycles. The van der Waals surface area contributed by atoms with Gasteiger partial charge in [0, 0.05) is 5.97 Å². The molecule has 0 fully saturated rings. The summed E-state index contributed by atoms with van der Waals surface area (Å²) >= 11 is 0. The van der Waals surface area contributed by atoms with Gasteiger partial charge in [-0.2, -0.15) is 8.42 Å². The maximum absolute atomic E-state index is 8.89. The molecule has 0 aliphatic rings. The minimum atomic E-state index is -4.67. The Bertz CT molecular complexity index is 166. The van der Waals surface area contributed by atoms with Crippen LogP contribution in [0.3, 0.4) is 0 Å². The van der Waals surface area contributed by atoms with E-state index in [2.05, 4.69) is 0 Å². The molecule has 0 heterocycles. The molecular formula is C2H11N2NaO6S.